The number of aromatic nitrogens is 1. The molecule has 1 aliphatic rings. The van der Waals surface area contributed by atoms with Crippen LogP contribution in [0.1, 0.15) is 16.8 Å². The van der Waals surface area contributed by atoms with E-state index in [9.17, 15) is 9.59 Å². The van der Waals surface area contributed by atoms with Gasteiger partial charge in [0.25, 0.3) is 5.91 Å². The average molecular weight is 235 g/mol. The van der Waals surface area contributed by atoms with Gasteiger partial charge in [0.1, 0.15) is 0 Å². The number of carbonyl (C=O) groups excluding carboxylic acids is 2. The van der Waals surface area contributed by atoms with Crippen molar-refractivity contribution in [2.75, 3.05) is 12.0 Å². The van der Waals surface area contributed by atoms with Crippen LogP contribution in [-0.2, 0) is 4.79 Å². The molecule has 1 atom stereocenters. The maximum Gasteiger partial charge on any atom is 0.253 e. The summed E-state index contributed by atoms with van der Waals surface area (Å²) in [5, 5.41) is 5.40. The fourth-order valence-electron chi connectivity index (χ4n) is 1.68. The molecule has 2 heterocycles. The number of amides is 2. The van der Waals surface area contributed by atoms with E-state index < -0.39 is 0 Å². The highest BCUT2D eigenvalue weighted by Crippen LogP contribution is 2.12. The van der Waals surface area contributed by atoms with Gasteiger partial charge in [-0.2, -0.15) is 0 Å². The summed E-state index contributed by atoms with van der Waals surface area (Å²) in [6, 6.07) is 1.39. The number of rotatable bonds is 3. The predicted molar refractivity (Wildman–Crippen MR) is 60.9 cm³/mol. The molecule has 0 spiro atoms. The highest BCUT2D eigenvalue weighted by Gasteiger charge is 2.24. The lowest BCUT2D eigenvalue weighted by Gasteiger charge is -2.12. The molecule has 2 rings (SSSR count). The molecule has 0 bridgehead atoms. The van der Waals surface area contributed by atoms with Crippen LogP contribution in [-0.4, -0.2) is 29.4 Å². The van der Waals surface area contributed by atoms with Crippen LogP contribution in [0.3, 0.4) is 0 Å². The molecule has 0 aliphatic carbocycles. The number of nitrogens with one attached hydrogen (secondary N) is 3. The van der Waals surface area contributed by atoms with Gasteiger partial charge in [0.15, 0.2) is 0 Å². The number of carbonyl (C=O) groups is 2. The Bertz CT molecular complexity index is 448. The molecule has 1 aromatic rings. The number of hydrazine groups is 1. The topological polar surface area (TPSA) is 109 Å². The monoisotopic (exact) mass is 235 g/mol. The van der Waals surface area contributed by atoms with E-state index in [1.807, 2.05) is 0 Å². The van der Waals surface area contributed by atoms with Crippen LogP contribution in [0.2, 0.25) is 0 Å². The van der Waals surface area contributed by atoms with Crippen molar-refractivity contribution in [1.29, 1.82) is 0 Å². The van der Waals surface area contributed by atoms with E-state index >= 15 is 0 Å². The van der Waals surface area contributed by atoms with Crippen molar-refractivity contribution in [3.8, 4) is 0 Å². The largest absolute Gasteiger partial charge is 0.354 e. The van der Waals surface area contributed by atoms with Crippen LogP contribution in [0, 0.1) is 0 Å². The minimum Gasteiger partial charge on any atom is -0.354 e. The lowest BCUT2D eigenvalue weighted by atomic mass is 10.2. The Hall–Kier alpha value is -2.15. The number of nitrogens with zero attached hydrogens (tertiary/aromatic N) is 1. The van der Waals surface area contributed by atoms with Crippen molar-refractivity contribution in [3.63, 3.8) is 0 Å². The summed E-state index contributed by atoms with van der Waals surface area (Å²) in [5.74, 6) is 4.95. The Morgan fingerprint density at radius 3 is 3.06 bits per heavy atom. The standard InChI is InChI=1S/C10H13N5O2/c11-15-8-5-12-2-1-7(8)10(17)14-6-3-9(16)13-4-6/h1-2,5-6,15H,3-4,11H2,(H,13,16)(H,14,17). The minimum atomic E-state index is -0.276. The molecule has 1 saturated heterocycles. The molecule has 2 amide bonds. The van der Waals surface area contributed by atoms with E-state index in [-0.39, 0.29) is 17.9 Å². The summed E-state index contributed by atoms with van der Waals surface area (Å²) in [5.41, 5.74) is 3.26. The predicted octanol–water partition coefficient (Wildman–Crippen LogP) is -1.01. The highest BCUT2D eigenvalue weighted by molar-refractivity contribution is 5.99. The Kier molecular flexibility index (Phi) is 3.20. The molecule has 5 N–H and O–H groups in total. The molecule has 0 radical (unpaired) electrons. The molecule has 7 heteroatoms. The summed E-state index contributed by atoms with van der Waals surface area (Å²) >= 11 is 0. The van der Waals surface area contributed by atoms with Crippen molar-refractivity contribution in [2.45, 2.75) is 12.5 Å². The second-order valence-electron chi connectivity index (χ2n) is 3.74. The molecule has 1 unspecified atom stereocenters. The lowest BCUT2D eigenvalue weighted by Crippen LogP contribution is -2.36. The van der Waals surface area contributed by atoms with E-state index in [2.05, 4.69) is 21.0 Å². The fourth-order valence-corrected chi connectivity index (χ4v) is 1.68. The van der Waals surface area contributed by atoms with E-state index in [1.54, 1.807) is 6.07 Å². The zero-order valence-electron chi connectivity index (χ0n) is 9.06. The van der Waals surface area contributed by atoms with E-state index in [4.69, 9.17) is 5.84 Å². The smallest absolute Gasteiger partial charge is 0.253 e. The van der Waals surface area contributed by atoms with Crippen LogP contribution in [0.15, 0.2) is 18.5 Å². The first-order chi connectivity index (χ1) is 8.20. The molecule has 1 fully saturated rings. The molecule has 90 valence electrons. The number of nitrogens with two attached hydrogens (primary N) is 1. The van der Waals surface area contributed by atoms with Crippen LogP contribution < -0.4 is 21.9 Å². The van der Waals surface area contributed by atoms with Gasteiger partial charge >= 0.3 is 0 Å². The van der Waals surface area contributed by atoms with Gasteiger partial charge in [-0.15, -0.1) is 0 Å². The second-order valence-corrected chi connectivity index (χ2v) is 3.74. The first-order valence-electron chi connectivity index (χ1n) is 5.19. The highest BCUT2D eigenvalue weighted by atomic mass is 16.2. The molecule has 1 aliphatic heterocycles. The van der Waals surface area contributed by atoms with Crippen molar-refractivity contribution >= 4 is 17.5 Å². The van der Waals surface area contributed by atoms with E-state index in [0.29, 0.717) is 24.2 Å². The first-order valence-corrected chi connectivity index (χ1v) is 5.19. The van der Waals surface area contributed by atoms with Crippen molar-refractivity contribution in [2.24, 2.45) is 5.84 Å². The van der Waals surface area contributed by atoms with Gasteiger partial charge < -0.3 is 16.1 Å². The summed E-state index contributed by atoms with van der Waals surface area (Å²) in [4.78, 5) is 26.8. The second kappa shape index (κ2) is 4.79. The molecule has 1 aromatic heterocycles. The Morgan fingerprint density at radius 2 is 2.41 bits per heavy atom. The maximum atomic E-state index is 11.9. The number of anilines is 1. The lowest BCUT2D eigenvalue weighted by molar-refractivity contribution is -0.119. The summed E-state index contributed by atoms with van der Waals surface area (Å²) in [6.45, 7) is 0.459. The number of hydrogen-bond acceptors (Lipinski definition) is 5. The SMILES string of the molecule is NNc1cnccc1C(=O)NC1CNC(=O)C1. The third-order valence-electron chi connectivity index (χ3n) is 2.53. The van der Waals surface area contributed by atoms with Crippen molar-refractivity contribution in [3.05, 3.63) is 24.0 Å². The number of nitrogen functional groups attached to an aromatic ring is 1. The quantitative estimate of drug-likeness (QED) is 0.396. The first kappa shape index (κ1) is 11.3. The molecule has 0 saturated carbocycles. The zero-order valence-corrected chi connectivity index (χ0v) is 9.06. The van der Waals surface area contributed by atoms with Crippen LogP contribution in [0.25, 0.3) is 0 Å². The van der Waals surface area contributed by atoms with Crippen LogP contribution >= 0.6 is 0 Å². The van der Waals surface area contributed by atoms with Crippen LogP contribution in [0.4, 0.5) is 5.69 Å². The third kappa shape index (κ3) is 2.51. The number of pyridine rings is 1. The summed E-state index contributed by atoms with van der Waals surface area (Å²) in [7, 11) is 0. The Balaban J connectivity index is 2.06. The van der Waals surface area contributed by atoms with Gasteiger partial charge in [0.05, 0.1) is 23.5 Å². The summed E-state index contributed by atoms with van der Waals surface area (Å²) in [6.07, 6.45) is 3.28. The van der Waals surface area contributed by atoms with Crippen molar-refractivity contribution in [1.82, 2.24) is 15.6 Å². The molecular weight excluding hydrogens is 222 g/mol. The van der Waals surface area contributed by atoms with Gasteiger partial charge in [-0.1, -0.05) is 0 Å². The van der Waals surface area contributed by atoms with E-state index in [0.717, 1.165) is 0 Å². The number of hydrogen-bond donors (Lipinski definition) is 4. The van der Waals surface area contributed by atoms with Gasteiger partial charge in [-0.3, -0.25) is 20.4 Å². The van der Waals surface area contributed by atoms with Gasteiger partial charge in [0.2, 0.25) is 5.91 Å². The zero-order chi connectivity index (χ0) is 12.3. The Morgan fingerprint density at radius 1 is 1.59 bits per heavy atom. The van der Waals surface area contributed by atoms with Gasteiger partial charge in [0, 0.05) is 19.2 Å². The third-order valence-corrected chi connectivity index (χ3v) is 2.53. The molecular formula is C10H13N5O2. The van der Waals surface area contributed by atoms with Gasteiger partial charge in [-0.05, 0) is 6.07 Å². The Labute approximate surface area is 97.8 Å². The average Bonchev–Trinajstić information content (AvgIpc) is 2.74. The molecule has 7 nitrogen and oxygen atoms in total. The van der Waals surface area contributed by atoms with Crippen molar-refractivity contribution < 1.29 is 9.59 Å². The summed E-state index contributed by atoms with van der Waals surface area (Å²) < 4.78 is 0. The normalized spacial score (nSPS) is 18.6. The van der Waals surface area contributed by atoms with Crippen LogP contribution in [0.5, 0.6) is 0 Å². The molecule has 0 aromatic carbocycles. The van der Waals surface area contributed by atoms with E-state index in [1.165, 1.54) is 12.4 Å². The maximum absolute atomic E-state index is 11.9. The fraction of sp³-hybridized carbons (Fsp3) is 0.300. The minimum absolute atomic E-state index is 0.0535. The van der Waals surface area contributed by atoms with Gasteiger partial charge in [-0.25, -0.2) is 0 Å². The molecule has 17 heavy (non-hydrogen) atoms.